The quantitative estimate of drug-likeness (QED) is 0.748. The van der Waals surface area contributed by atoms with Crippen molar-refractivity contribution in [3.05, 3.63) is 39.3 Å². The Morgan fingerprint density at radius 2 is 1.88 bits per heavy atom. The Bertz CT molecular complexity index is 657. The minimum absolute atomic E-state index is 0.231. The molecule has 0 aromatic heterocycles. The van der Waals surface area contributed by atoms with Gasteiger partial charge in [-0.3, -0.25) is 0 Å². The summed E-state index contributed by atoms with van der Waals surface area (Å²) in [6.45, 7) is 8.50. The van der Waals surface area contributed by atoms with Crippen LogP contribution < -0.4 is 5.32 Å². The Kier molecular flexibility index (Phi) is 5.59. The van der Waals surface area contributed by atoms with Gasteiger partial charge in [0.2, 0.25) is 0 Å². The molecule has 130 valence electrons. The molecule has 5 nitrogen and oxygen atoms in total. The van der Waals surface area contributed by atoms with Crippen molar-refractivity contribution in [1.82, 2.24) is 5.32 Å². The van der Waals surface area contributed by atoms with Crippen LogP contribution >= 0.6 is 15.9 Å². The topological polar surface area (TPSA) is 67.8 Å². The summed E-state index contributed by atoms with van der Waals surface area (Å²) in [6.07, 6.45) is 1.83. The Hall–Kier alpha value is -1.15. The van der Waals surface area contributed by atoms with E-state index in [1.807, 2.05) is 46.9 Å². The van der Waals surface area contributed by atoms with E-state index in [4.69, 9.17) is 9.31 Å². The smallest absolute Gasteiger partial charge is 0.478 e. The second-order valence-electron chi connectivity index (χ2n) is 6.87. The number of likely N-dealkylation sites (N-methyl/N-ethyl adjacent to an activating group) is 1. The molecular weight excluding hydrogens is 373 g/mol. The zero-order valence-electron chi connectivity index (χ0n) is 14.6. The molecule has 1 aliphatic heterocycles. The zero-order chi connectivity index (χ0) is 18.1. The third kappa shape index (κ3) is 3.91. The van der Waals surface area contributed by atoms with Crippen molar-refractivity contribution in [2.45, 2.75) is 38.9 Å². The van der Waals surface area contributed by atoms with Gasteiger partial charge in [0, 0.05) is 11.0 Å². The number of carbonyl (C=O) groups is 1. The van der Waals surface area contributed by atoms with E-state index in [0.29, 0.717) is 12.1 Å². The zero-order valence-corrected chi connectivity index (χ0v) is 16.2. The Morgan fingerprint density at radius 3 is 2.38 bits per heavy atom. The summed E-state index contributed by atoms with van der Waals surface area (Å²) < 4.78 is 12.9. The van der Waals surface area contributed by atoms with Gasteiger partial charge in [-0.25, -0.2) is 4.79 Å². The van der Waals surface area contributed by atoms with Gasteiger partial charge in [-0.2, -0.15) is 0 Å². The minimum atomic E-state index is -0.972. The molecule has 2 N–H and O–H groups in total. The number of nitrogens with one attached hydrogen (secondary N) is 1. The molecule has 0 bridgehead atoms. The van der Waals surface area contributed by atoms with Crippen molar-refractivity contribution in [3.63, 3.8) is 0 Å². The van der Waals surface area contributed by atoms with Crippen LogP contribution in [0.2, 0.25) is 0 Å². The monoisotopic (exact) mass is 395 g/mol. The maximum atomic E-state index is 11.5. The van der Waals surface area contributed by atoms with Crippen LogP contribution in [0.5, 0.6) is 0 Å². The van der Waals surface area contributed by atoms with Crippen molar-refractivity contribution < 1.29 is 19.2 Å². The molecule has 1 aliphatic rings. The molecule has 0 atom stereocenters. The number of halogens is 1. The molecule has 0 radical (unpaired) electrons. The highest BCUT2D eigenvalue weighted by Gasteiger charge is 2.52. The van der Waals surface area contributed by atoms with Gasteiger partial charge in [0.25, 0.3) is 0 Å². The third-order valence-electron chi connectivity index (χ3n) is 4.52. The lowest BCUT2D eigenvalue weighted by molar-refractivity contribution is 0.00578. The van der Waals surface area contributed by atoms with Crippen molar-refractivity contribution in [1.29, 1.82) is 0 Å². The molecule has 1 heterocycles. The van der Waals surface area contributed by atoms with Crippen LogP contribution in [0.4, 0.5) is 0 Å². The average molecular weight is 396 g/mol. The van der Waals surface area contributed by atoms with Crippen LogP contribution in [0.25, 0.3) is 6.08 Å². The summed E-state index contributed by atoms with van der Waals surface area (Å²) in [7, 11) is 1.31. The molecule has 0 amide bonds. The van der Waals surface area contributed by atoms with Crippen LogP contribution in [0, 0.1) is 0 Å². The standard InChI is InChI=1S/C17H23BBrNO4/c1-16(2)17(3,4)24-18(23-16)12(10-20-5)8-11-6-7-13(19)9-14(11)15(21)22/h6-9,20H,10H2,1-5H3,(H,21,22). The summed E-state index contributed by atoms with van der Waals surface area (Å²) in [6, 6.07) is 5.18. The van der Waals surface area contributed by atoms with Crippen LogP contribution in [0.3, 0.4) is 0 Å². The highest BCUT2D eigenvalue weighted by molar-refractivity contribution is 9.10. The van der Waals surface area contributed by atoms with E-state index < -0.39 is 24.3 Å². The van der Waals surface area contributed by atoms with E-state index in [1.54, 1.807) is 12.1 Å². The first kappa shape index (κ1) is 19.2. The van der Waals surface area contributed by atoms with Crippen LogP contribution in [0.15, 0.2) is 28.1 Å². The Labute approximate surface area is 151 Å². The van der Waals surface area contributed by atoms with Crippen LogP contribution in [-0.2, 0) is 9.31 Å². The van der Waals surface area contributed by atoms with Crippen molar-refractivity contribution in [3.8, 4) is 0 Å². The number of hydrogen-bond acceptors (Lipinski definition) is 4. The number of aromatic carboxylic acids is 1. The third-order valence-corrected chi connectivity index (χ3v) is 5.02. The van der Waals surface area contributed by atoms with Crippen LogP contribution in [0.1, 0.15) is 43.6 Å². The first-order valence-electron chi connectivity index (χ1n) is 7.81. The fraction of sp³-hybridized carbons (Fsp3) is 0.471. The average Bonchev–Trinajstić information content (AvgIpc) is 2.68. The lowest BCUT2D eigenvalue weighted by atomic mass is 9.76. The van der Waals surface area contributed by atoms with E-state index >= 15 is 0 Å². The van der Waals surface area contributed by atoms with E-state index in [0.717, 1.165) is 9.95 Å². The van der Waals surface area contributed by atoms with E-state index in [9.17, 15) is 9.90 Å². The second-order valence-corrected chi connectivity index (χ2v) is 7.79. The van der Waals surface area contributed by atoms with Gasteiger partial charge < -0.3 is 19.7 Å². The highest BCUT2D eigenvalue weighted by Crippen LogP contribution is 2.38. The van der Waals surface area contributed by atoms with Gasteiger partial charge in [-0.15, -0.1) is 0 Å². The van der Waals surface area contributed by atoms with Gasteiger partial charge in [0.05, 0.1) is 16.8 Å². The SMILES string of the molecule is CNCC(=Cc1ccc(Br)cc1C(=O)O)B1OC(C)(C)C(C)(C)O1. The van der Waals surface area contributed by atoms with Gasteiger partial charge >= 0.3 is 13.1 Å². The largest absolute Gasteiger partial charge is 0.491 e. The normalized spacial score (nSPS) is 19.6. The molecule has 7 heteroatoms. The molecule has 1 aromatic carbocycles. The minimum Gasteiger partial charge on any atom is -0.478 e. The first-order valence-corrected chi connectivity index (χ1v) is 8.60. The number of rotatable bonds is 5. The Morgan fingerprint density at radius 1 is 1.29 bits per heavy atom. The van der Waals surface area contributed by atoms with Gasteiger partial charge in [-0.1, -0.05) is 28.1 Å². The number of hydrogen-bond donors (Lipinski definition) is 2. The molecule has 1 saturated heterocycles. The van der Waals surface area contributed by atoms with Gasteiger partial charge in [0.1, 0.15) is 0 Å². The molecule has 0 saturated carbocycles. The molecule has 1 fully saturated rings. The second kappa shape index (κ2) is 7.00. The van der Waals surface area contributed by atoms with E-state index in [2.05, 4.69) is 21.2 Å². The summed E-state index contributed by atoms with van der Waals surface area (Å²) in [4.78, 5) is 11.5. The van der Waals surface area contributed by atoms with Crippen molar-refractivity contribution in [2.75, 3.05) is 13.6 Å². The highest BCUT2D eigenvalue weighted by atomic mass is 79.9. The summed E-state index contributed by atoms with van der Waals surface area (Å²) in [5, 5.41) is 12.5. The molecule has 0 aliphatic carbocycles. The number of carboxylic acid groups (broad SMARTS) is 1. The first-order chi connectivity index (χ1) is 11.1. The maximum absolute atomic E-state index is 11.5. The number of carboxylic acids is 1. The Balaban J connectivity index is 2.42. The van der Waals surface area contributed by atoms with E-state index in [1.165, 1.54) is 0 Å². The molecule has 1 aromatic rings. The van der Waals surface area contributed by atoms with Crippen molar-refractivity contribution >= 4 is 35.1 Å². The summed E-state index contributed by atoms with van der Waals surface area (Å²) >= 11 is 3.31. The fourth-order valence-corrected chi connectivity index (χ4v) is 2.80. The molecule has 24 heavy (non-hydrogen) atoms. The van der Waals surface area contributed by atoms with Crippen LogP contribution in [-0.4, -0.2) is 43.0 Å². The van der Waals surface area contributed by atoms with Gasteiger partial charge in [0.15, 0.2) is 0 Å². The predicted molar refractivity (Wildman–Crippen MR) is 99.1 cm³/mol. The number of benzene rings is 1. The fourth-order valence-electron chi connectivity index (χ4n) is 2.44. The van der Waals surface area contributed by atoms with Crippen molar-refractivity contribution in [2.24, 2.45) is 0 Å². The molecular formula is C17H23BBrNO4. The summed E-state index contributed by atoms with van der Waals surface area (Å²) in [5.74, 6) is -0.972. The van der Waals surface area contributed by atoms with Gasteiger partial charge in [-0.05, 0) is 57.9 Å². The van der Waals surface area contributed by atoms with E-state index in [-0.39, 0.29) is 5.56 Å². The molecule has 0 spiro atoms. The molecule has 2 rings (SSSR count). The lowest BCUT2D eigenvalue weighted by Crippen LogP contribution is -2.41. The predicted octanol–water partition coefficient (Wildman–Crippen LogP) is 3.38. The molecule has 0 unspecified atom stereocenters. The lowest BCUT2D eigenvalue weighted by Gasteiger charge is -2.32. The maximum Gasteiger partial charge on any atom is 0.491 e. The summed E-state index contributed by atoms with van der Waals surface area (Å²) in [5.41, 5.74) is 0.806.